The number of hydrogen-bond donors (Lipinski definition) is 3. The Kier molecular flexibility index (Phi) is 7.18. The number of aliphatic imine (C=N–C) groups is 1. The predicted molar refractivity (Wildman–Crippen MR) is 156 cm³/mol. The summed E-state index contributed by atoms with van der Waals surface area (Å²) >= 11 is 0. The molecular formula is C29H27N9O2. The van der Waals surface area contributed by atoms with Gasteiger partial charge in [-0.2, -0.15) is 0 Å². The van der Waals surface area contributed by atoms with Crippen molar-refractivity contribution in [2.45, 2.75) is 13.0 Å². The molecule has 0 aliphatic rings. The van der Waals surface area contributed by atoms with E-state index in [0.29, 0.717) is 39.2 Å². The Morgan fingerprint density at radius 2 is 1.93 bits per heavy atom. The number of carbonyl (C=O) groups excluding carboxylic acids is 1. The van der Waals surface area contributed by atoms with Crippen LogP contribution in [0.5, 0.6) is 0 Å². The van der Waals surface area contributed by atoms with Crippen LogP contribution in [0.2, 0.25) is 0 Å². The SMILES string of the molecule is CN=CC(=CN)/C=C\c1cccc2nc([C@@H](C)NC(=O)c3c(N)nn4cccnc34)n(-c3ccccc3)c(=O)c12. The summed E-state index contributed by atoms with van der Waals surface area (Å²) in [5, 5.41) is 7.51. The number of nitrogens with one attached hydrogen (secondary N) is 1. The van der Waals surface area contributed by atoms with Crippen molar-refractivity contribution in [3.05, 3.63) is 112 Å². The summed E-state index contributed by atoms with van der Waals surface area (Å²) < 4.78 is 2.95. The van der Waals surface area contributed by atoms with Gasteiger partial charge in [0.25, 0.3) is 11.5 Å². The molecule has 0 saturated carbocycles. The lowest BCUT2D eigenvalue weighted by molar-refractivity contribution is 0.0940. The first-order valence-electron chi connectivity index (χ1n) is 12.5. The lowest BCUT2D eigenvalue weighted by Crippen LogP contribution is -2.33. The van der Waals surface area contributed by atoms with Crippen molar-refractivity contribution in [2.24, 2.45) is 10.7 Å². The van der Waals surface area contributed by atoms with E-state index in [0.717, 1.165) is 0 Å². The summed E-state index contributed by atoms with van der Waals surface area (Å²) in [4.78, 5) is 40.6. The number of benzene rings is 2. The summed E-state index contributed by atoms with van der Waals surface area (Å²) in [6.45, 7) is 1.76. The number of fused-ring (bicyclic) bond motifs is 2. The molecule has 1 atom stereocenters. The first-order valence-corrected chi connectivity index (χ1v) is 12.5. The van der Waals surface area contributed by atoms with Crippen LogP contribution in [0.3, 0.4) is 0 Å². The van der Waals surface area contributed by atoms with Crippen molar-refractivity contribution in [1.82, 2.24) is 29.5 Å². The molecule has 5 N–H and O–H groups in total. The van der Waals surface area contributed by atoms with Crippen molar-refractivity contribution in [1.29, 1.82) is 0 Å². The standard InChI is InChI=1S/C29H27N9O2/c1-18(34-28(39)24-25(31)36-37-15-7-14-33-27(24)37)26-35-22-11-6-8-20(13-12-19(16-30)17-32-2)23(22)29(40)38(26)21-9-4-3-5-10-21/h3-18H,30H2,1-2H3,(H2,31,36)(H,34,39)/b13-12-,19-16?,32-17?/t18-/m1/s1. The number of carbonyl (C=O) groups is 1. The summed E-state index contributed by atoms with van der Waals surface area (Å²) in [7, 11) is 1.65. The number of amides is 1. The van der Waals surface area contributed by atoms with Crippen LogP contribution >= 0.6 is 0 Å². The molecule has 11 heteroatoms. The molecule has 3 aromatic heterocycles. The third-order valence-electron chi connectivity index (χ3n) is 6.28. The Balaban J connectivity index is 1.64. The van der Waals surface area contributed by atoms with E-state index in [2.05, 4.69) is 20.4 Å². The number of nitrogen functional groups attached to an aromatic ring is 1. The highest BCUT2D eigenvalue weighted by Crippen LogP contribution is 2.23. The highest BCUT2D eigenvalue weighted by Gasteiger charge is 2.24. The molecule has 5 rings (SSSR count). The lowest BCUT2D eigenvalue weighted by Gasteiger charge is -2.20. The van der Waals surface area contributed by atoms with Gasteiger partial charge in [-0.3, -0.25) is 19.1 Å². The van der Waals surface area contributed by atoms with E-state index in [1.807, 2.05) is 42.5 Å². The van der Waals surface area contributed by atoms with E-state index in [1.165, 1.54) is 15.3 Å². The number of para-hydroxylation sites is 1. The Morgan fingerprint density at radius 1 is 1.12 bits per heavy atom. The molecule has 40 heavy (non-hydrogen) atoms. The Bertz CT molecular complexity index is 1870. The molecule has 2 aromatic carbocycles. The number of hydrogen-bond acceptors (Lipinski definition) is 8. The molecule has 3 heterocycles. The molecule has 0 bridgehead atoms. The molecule has 0 aliphatic carbocycles. The molecule has 1 amide bonds. The van der Waals surface area contributed by atoms with Crippen molar-refractivity contribution in [3.8, 4) is 5.69 Å². The summed E-state index contributed by atoms with van der Waals surface area (Å²) in [5.74, 6) is -0.0874. The van der Waals surface area contributed by atoms with Crippen LogP contribution in [-0.4, -0.2) is 43.3 Å². The molecule has 0 fully saturated rings. The van der Waals surface area contributed by atoms with Crippen molar-refractivity contribution in [3.63, 3.8) is 0 Å². The Morgan fingerprint density at radius 3 is 2.67 bits per heavy atom. The van der Waals surface area contributed by atoms with E-state index in [-0.39, 0.29) is 16.9 Å². The van der Waals surface area contributed by atoms with Crippen LogP contribution in [0.25, 0.3) is 28.3 Å². The maximum absolute atomic E-state index is 14.1. The summed E-state index contributed by atoms with van der Waals surface area (Å²) in [6.07, 6.45) is 9.85. The molecule has 200 valence electrons. The number of nitrogens with two attached hydrogens (primary N) is 2. The third-order valence-corrected chi connectivity index (χ3v) is 6.28. The zero-order valence-corrected chi connectivity index (χ0v) is 21.9. The lowest BCUT2D eigenvalue weighted by atomic mass is 10.1. The second-order valence-corrected chi connectivity index (χ2v) is 8.92. The van der Waals surface area contributed by atoms with Crippen molar-refractivity contribution < 1.29 is 4.79 Å². The second kappa shape index (κ2) is 11.0. The zero-order chi connectivity index (χ0) is 28.2. The maximum Gasteiger partial charge on any atom is 0.266 e. The van der Waals surface area contributed by atoms with Crippen molar-refractivity contribution in [2.75, 3.05) is 12.8 Å². The number of nitrogens with zero attached hydrogens (tertiary/aromatic N) is 6. The molecule has 0 radical (unpaired) electrons. The van der Waals surface area contributed by atoms with Gasteiger partial charge in [0, 0.05) is 37.4 Å². The van der Waals surface area contributed by atoms with Gasteiger partial charge in [-0.05, 0) is 36.8 Å². The zero-order valence-electron chi connectivity index (χ0n) is 21.9. The molecule has 0 spiro atoms. The van der Waals surface area contributed by atoms with Gasteiger partial charge in [-0.25, -0.2) is 14.5 Å². The van der Waals surface area contributed by atoms with E-state index < -0.39 is 11.9 Å². The van der Waals surface area contributed by atoms with Crippen LogP contribution < -0.4 is 22.3 Å². The van der Waals surface area contributed by atoms with Gasteiger partial charge in [-0.15, -0.1) is 5.10 Å². The fourth-order valence-electron chi connectivity index (χ4n) is 4.46. The number of allylic oxidation sites excluding steroid dienone is 2. The van der Waals surface area contributed by atoms with Crippen molar-refractivity contribution >= 4 is 40.6 Å². The van der Waals surface area contributed by atoms with Crippen LogP contribution in [0.4, 0.5) is 5.82 Å². The maximum atomic E-state index is 14.1. The molecule has 5 aromatic rings. The molecule has 0 unspecified atom stereocenters. The van der Waals surface area contributed by atoms with Gasteiger partial charge in [0.05, 0.1) is 22.6 Å². The van der Waals surface area contributed by atoms with Gasteiger partial charge >= 0.3 is 0 Å². The van der Waals surface area contributed by atoms with Crippen LogP contribution in [0.1, 0.15) is 34.7 Å². The summed E-state index contributed by atoms with van der Waals surface area (Å²) in [6, 6.07) is 15.6. The van der Waals surface area contributed by atoms with E-state index in [1.54, 1.807) is 56.9 Å². The van der Waals surface area contributed by atoms with E-state index in [9.17, 15) is 9.59 Å². The fraction of sp³-hybridized carbons (Fsp3) is 0.103. The van der Waals surface area contributed by atoms with Crippen LogP contribution in [-0.2, 0) is 0 Å². The summed E-state index contributed by atoms with van der Waals surface area (Å²) in [5.41, 5.74) is 14.4. The van der Waals surface area contributed by atoms with Gasteiger partial charge in [0.1, 0.15) is 11.4 Å². The fourth-order valence-corrected chi connectivity index (χ4v) is 4.46. The number of aromatic nitrogens is 5. The first-order chi connectivity index (χ1) is 19.4. The minimum absolute atomic E-state index is 0.0470. The highest BCUT2D eigenvalue weighted by molar-refractivity contribution is 6.04. The van der Waals surface area contributed by atoms with Crippen LogP contribution in [0, 0.1) is 0 Å². The minimum Gasteiger partial charge on any atom is -0.404 e. The second-order valence-electron chi connectivity index (χ2n) is 8.92. The van der Waals surface area contributed by atoms with Gasteiger partial charge in [0.2, 0.25) is 0 Å². The quantitative estimate of drug-likeness (QED) is 0.214. The normalized spacial score (nSPS) is 13.0. The first kappa shape index (κ1) is 26.0. The predicted octanol–water partition coefficient (Wildman–Crippen LogP) is 3.06. The molecule has 0 saturated heterocycles. The highest BCUT2D eigenvalue weighted by atomic mass is 16.2. The average Bonchev–Trinajstić information content (AvgIpc) is 3.31. The van der Waals surface area contributed by atoms with Gasteiger partial charge < -0.3 is 16.8 Å². The Hall–Kier alpha value is -5.58. The Labute approximate surface area is 229 Å². The molecule has 11 nitrogen and oxygen atoms in total. The molecule has 0 aliphatic heterocycles. The van der Waals surface area contributed by atoms with E-state index in [4.69, 9.17) is 16.5 Å². The van der Waals surface area contributed by atoms with Gasteiger partial charge in [-0.1, -0.05) is 42.5 Å². The van der Waals surface area contributed by atoms with E-state index >= 15 is 0 Å². The van der Waals surface area contributed by atoms with Gasteiger partial charge in [0.15, 0.2) is 11.5 Å². The molecular weight excluding hydrogens is 506 g/mol. The minimum atomic E-state index is -0.686. The smallest absolute Gasteiger partial charge is 0.266 e. The van der Waals surface area contributed by atoms with Crippen LogP contribution in [0.15, 0.2) is 94.6 Å². The number of anilines is 1. The monoisotopic (exact) mass is 533 g/mol. The largest absolute Gasteiger partial charge is 0.404 e. The third kappa shape index (κ3) is 4.83. The topological polar surface area (TPSA) is 159 Å². The average molecular weight is 534 g/mol. The number of rotatable bonds is 7.